The Bertz CT molecular complexity index is 537. The Kier molecular flexibility index (Phi) is 3.10. The van der Waals surface area contributed by atoms with Gasteiger partial charge in [0.2, 0.25) is 5.89 Å². The van der Waals surface area contributed by atoms with Crippen molar-refractivity contribution < 1.29 is 9.21 Å². The molecule has 0 spiro atoms. The minimum absolute atomic E-state index is 0.0682. The van der Waals surface area contributed by atoms with E-state index in [2.05, 4.69) is 20.5 Å². The van der Waals surface area contributed by atoms with Crippen LogP contribution in [-0.2, 0) is 6.54 Å². The lowest BCUT2D eigenvalue weighted by molar-refractivity contribution is 0.102. The fourth-order valence-electron chi connectivity index (χ4n) is 1.25. The molecule has 3 N–H and O–H groups in total. The normalized spacial score (nSPS) is 10.2. The third kappa shape index (κ3) is 2.64. The molecule has 17 heavy (non-hydrogen) atoms. The molecule has 2 aromatic heterocycles. The van der Waals surface area contributed by atoms with Gasteiger partial charge >= 0.3 is 6.01 Å². The van der Waals surface area contributed by atoms with Crippen LogP contribution in [0, 0.1) is 6.92 Å². The highest BCUT2D eigenvalue weighted by Gasteiger charge is 2.10. The van der Waals surface area contributed by atoms with E-state index in [9.17, 15) is 4.79 Å². The number of carbonyl (C=O) groups is 1. The van der Waals surface area contributed by atoms with Crippen LogP contribution in [0.2, 0.25) is 0 Å². The number of amides is 1. The maximum absolute atomic E-state index is 11.8. The summed E-state index contributed by atoms with van der Waals surface area (Å²) >= 11 is 0. The van der Waals surface area contributed by atoms with Gasteiger partial charge in [0.05, 0.1) is 5.69 Å². The van der Waals surface area contributed by atoms with Gasteiger partial charge in [-0.3, -0.25) is 15.1 Å². The number of hydrogen-bond acceptors (Lipinski definition) is 6. The van der Waals surface area contributed by atoms with Crippen molar-refractivity contribution >= 4 is 11.9 Å². The lowest BCUT2D eigenvalue weighted by Crippen LogP contribution is -2.13. The smallest absolute Gasteiger partial charge is 0.322 e. The van der Waals surface area contributed by atoms with Gasteiger partial charge in [0.15, 0.2) is 0 Å². The van der Waals surface area contributed by atoms with E-state index in [4.69, 9.17) is 10.2 Å². The highest BCUT2D eigenvalue weighted by atomic mass is 16.4. The Morgan fingerprint density at radius 2 is 2.35 bits per heavy atom. The second-order valence-electron chi connectivity index (χ2n) is 3.32. The van der Waals surface area contributed by atoms with Gasteiger partial charge in [0, 0.05) is 25.2 Å². The van der Waals surface area contributed by atoms with Crippen LogP contribution in [0.25, 0.3) is 0 Å². The number of aryl methyl sites for hydroxylation is 1. The van der Waals surface area contributed by atoms with Gasteiger partial charge in [-0.05, 0) is 12.1 Å². The van der Waals surface area contributed by atoms with Gasteiger partial charge in [-0.2, -0.15) is 0 Å². The van der Waals surface area contributed by atoms with Crippen molar-refractivity contribution in [3.8, 4) is 0 Å². The topological polar surface area (TPSA) is 107 Å². The number of pyridine rings is 1. The predicted molar refractivity (Wildman–Crippen MR) is 59.1 cm³/mol. The monoisotopic (exact) mass is 233 g/mol. The molecule has 7 nitrogen and oxygen atoms in total. The average Bonchev–Trinajstić information content (AvgIpc) is 2.75. The van der Waals surface area contributed by atoms with Crippen LogP contribution in [0.4, 0.5) is 6.01 Å². The SMILES string of the molecule is Cc1nnc(NC(=O)c2ccnc(CN)c2)o1. The van der Waals surface area contributed by atoms with Crippen LogP contribution >= 0.6 is 0 Å². The van der Waals surface area contributed by atoms with Crippen molar-refractivity contribution in [2.24, 2.45) is 5.73 Å². The Balaban J connectivity index is 2.14. The predicted octanol–water partition coefficient (Wildman–Crippen LogP) is 0.484. The lowest BCUT2D eigenvalue weighted by Gasteiger charge is -2.01. The summed E-state index contributed by atoms with van der Waals surface area (Å²) in [4.78, 5) is 15.8. The fourth-order valence-corrected chi connectivity index (χ4v) is 1.25. The summed E-state index contributed by atoms with van der Waals surface area (Å²) in [5.41, 5.74) is 6.52. The van der Waals surface area contributed by atoms with Crippen LogP contribution in [0.5, 0.6) is 0 Å². The Hall–Kier alpha value is -2.28. The molecule has 0 fully saturated rings. The quantitative estimate of drug-likeness (QED) is 0.798. The summed E-state index contributed by atoms with van der Waals surface area (Å²) in [5, 5.41) is 9.75. The summed E-state index contributed by atoms with van der Waals surface area (Å²) in [6.45, 7) is 1.92. The first kappa shape index (κ1) is 11.2. The molecule has 7 heteroatoms. The zero-order valence-corrected chi connectivity index (χ0v) is 9.17. The minimum atomic E-state index is -0.342. The summed E-state index contributed by atoms with van der Waals surface area (Å²) in [6.07, 6.45) is 1.52. The summed E-state index contributed by atoms with van der Waals surface area (Å²) < 4.78 is 5.04. The standard InChI is InChI=1S/C10H11N5O2/c1-6-14-15-10(17-6)13-9(16)7-2-3-12-8(4-7)5-11/h2-4H,5,11H2,1H3,(H,13,15,16). The number of nitrogens with zero attached hydrogens (tertiary/aromatic N) is 3. The summed E-state index contributed by atoms with van der Waals surface area (Å²) in [6, 6.07) is 3.26. The lowest BCUT2D eigenvalue weighted by atomic mass is 10.2. The van der Waals surface area contributed by atoms with Crippen molar-refractivity contribution in [3.05, 3.63) is 35.5 Å². The molecule has 0 aliphatic heterocycles. The largest absolute Gasteiger partial charge is 0.408 e. The van der Waals surface area contributed by atoms with Crippen LogP contribution in [0.1, 0.15) is 21.9 Å². The summed E-state index contributed by atoms with van der Waals surface area (Å²) in [7, 11) is 0. The van der Waals surface area contributed by atoms with Crippen LogP contribution in [0.3, 0.4) is 0 Å². The van der Waals surface area contributed by atoms with Crippen molar-refractivity contribution in [3.63, 3.8) is 0 Å². The number of anilines is 1. The Morgan fingerprint density at radius 1 is 1.53 bits per heavy atom. The molecule has 1 amide bonds. The maximum Gasteiger partial charge on any atom is 0.322 e. The second-order valence-corrected chi connectivity index (χ2v) is 3.32. The third-order valence-corrected chi connectivity index (χ3v) is 2.03. The van der Waals surface area contributed by atoms with Gasteiger partial charge in [0.1, 0.15) is 0 Å². The maximum atomic E-state index is 11.8. The molecular formula is C10H11N5O2. The van der Waals surface area contributed by atoms with E-state index in [-0.39, 0.29) is 18.5 Å². The van der Waals surface area contributed by atoms with Gasteiger partial charge < -0.3 is 10.2 Å². The molecule has 2 aromatic rings. The van der Waals surface area contributed by atoms with Gasteiger partial charge in [-0.25, -0.2) is 0 Å². The van der Waals surface area contributed by atoms with Crippen LogP contribution < -0.4 is 11.1 Å². The van der Waals surface area contributed by atoms with Crippen molar-refractivity contribution in [1.82, 2.24) is 15.2 Å². The third-order valence-electron chi connectivity index (χ3n) is 2.03. The van der Waals surface area contributed by atoms with Crippen LogP contribution in [0.15, 0.2) is 22.7 Å². The number of nitrogens with one attached hydrogen (secondary N) is 1. The molecule has 88 valence electrons. The highest BCUT2D eigenvalue weighted by molar-refractivity contribution is 6.03. The van der Waals surface area contributed by atoms with Crippen molar-refractivity contribution in [1.29, 1.82) is 0 Å². The Morgan fingerprint density at radius 3 is 3.00 bits per heavy atom. The van der Waals surface area contributed by atoms with Crippen molar-refractivity contribution in [2.45, 2.75) is 13.5 Å². The molecule has 0 saturated carbocycles. The zero-order valence-electron chi connectivity index (χ0n) is 9.17. The van der Waals surface area contributed by atoms with Crippen LogP contribution in [-0.4, -0.2) is 21.1 Å². The molecule has 2 rings (SSSR count). The van der Waals surface area contributed by atoms with E-state index in [1.807, 2.05) is 0 Å². The molecule has 0 unspecified atom stereocenters. The first-order valence-corrected chi connectivity index (χ1v) is 4.95. The van der Waals surface area contributed by atoms with E-state index in [0.29, 0.717) is 17.1 Å². The number of carbonyl (C=O) groups excluding carboxylic acids is 1. The molecular weight excluding hydrogens is 222 g/mol. The van der Waals surface area contributed by atoms with E-state index in [1.54, 1.807) is 19.1 Å². The minimum Gasteiger partial charge on any atom is -0.408 e. The number of rotatable bonds is 3. The van der Waals surface area contributed by atoms with E-state index < -0.39 is 0 Å². The second kappa shape index (κ2) is 4.71. The van der Waals surface area contributed by atoms with Gasteiger partial charge in [-0.1, -0.05) is 5.10 Å². The number of nitrogens with two attached hydrogens (primary N) is 1. The van der Waals surface area contributed by atoms with E-state index in [0.717, 1.165) is 0 Å². The fraction of sp³-hybridized carbons (Fsp3) is 0.200. The average molecular weight is 233 g/mol. The number of hydrogen-bond donors (Lipinski definition) is 2. The molecule has 2 heterocycles. The molecule has 0 aliphatic rings. The van der Waals surface area contributed by atoms with E-state index in [1.165, 1.54) is 6.20 Å². The molecule has 0 saturated heterocycles. The zero-order chi connectivity index (χ0) is 12.3. The number of aromatic nitrogens is 3. The first-order chi connectivity index (χ1) is 8.19. The highest BCUT2D eigenvalue weighted by Crippen LogP contribution is 2.08. The first-order valence-electron chi connectivity index (χ1n) is 4.95. The molecule has 0 atom stereocenters. The van der Waals surface area contributed by atoms with Gasteiger partial charge in [0.25, 0.3) is 5.91 Å². The summed E-state index contributed by atoms with van der Waals surface area (Å²) in [5.74, 6) is 0.0448. The van der Waals surface area contributed by atoms with Crippen molar-refractivity contribution in [2.75, 3.05) is 5.32 Å². The molecule has 0 bridgehead atoms. The Labute approximate surface area is 97.1 Å². The molecule has 0 aliphatic carbocycles. The molecule has 0 aromatic carbocycles. The molecule has 0 radical (unpaired) electrons. The van der Waals surface area contributed by atoms with Gasteiger partial charge in [-0.15, -0.1) is 5.10 Å². The van der Waals surface area contributed by atoms with E-state index >= 15 is 0 Å².